The highest BCUT2D eigenvalue weighted by Gasteiger charge is 2.34. The lowest BCUT2D eigenvalue weighted by atomic mass is 10.0. The quantitative estimate of drug-likeness (QED) is 0.212. The van der Waals surface area contributed by atoms with E-state index in [0.717, 1.165) is 21.0 Å². The Hall–Kier alpha value is -3.85. The van der Waals surface area contributed by atoms with Gasteiger partial charge in [-0.25, -0.2) is 8.42 Å². The van der Waals surface area contributed by atoms with E-state index >= 15 is 0 Å². The molecule has 4 aromatic rings. The summed E-state index contributed by atoms with van der Waals surface area (Å²) >= 11 is 12.6. The first-order valence-corrected chi connectivity index (χ1v) is 15.8. The highest BCUT2D eigenvalue weighted by Crippen LogP contribution is 2.27. The van der Waals surface area contributed by atoms with Crippen molar-refractivity contribution < 1.29 is 18.0 Å². The molecule has 1 N–H and O–H groups in total. The summed E-state index contributed by atoms with van der Waals surface area (Å²) < 4.78 is 29.2. The van der Waals surface area contributed by atoms with Crippen molar-refractivity contribution in [3.8, 4) is 0 Å². The summed E-state index contributed by atoms with van der Waals surface area (Å²) in [7, 11) is -2.67. The fourth-order valence-electron chi connectivity index (χ4n) is 4.70. The number of halogens is 2. The Labute approximate surface area is 263 Å². The monoisotopic (exact) mass is 637 g/mol. The van der Waals surface area contributed by atoms with E-state index in [9.17, 15) is 18.0 Å². The van der Waals surface area contributed by atoms with Crippen molar-refractivity contribution in [1.29, 1.82) is 0 Å². The van der Waals surface area contributed by atoms with E-state index in [-0.39, 0.29) is 17.9 Å². The number of likely N-dealkylation sites (N-methyl/N-ethyl adjacent to an activating group) is 1. The van der Waals surface area contributed by atoms with Crippen molar-refractivity contribution in [2.45, 2.75) is 37.8 Å². The third-order valence-corrected chi connectivity index (χ3v) is 9.43. The SMILES string of the molecule is CNC(=O)[C@@H](Cc1ccccc1)N(Cc1ccc(Cl)cc1Cl)C(=O)CN(c1cccc(C)c1)S(=O)(=O)c1ccc(C)cc1. The summed E-state index contributed by atoms with van der Waals surface area (Å²) in [6.07, 6.45) is 0.201. The zero-order chi connectivity index (χ0) is 31.1. The Morgan fingerprint density at radius 2 is 1.53 bits per heavy atom. The van der Waals surface area contributed by atoms with Crippen molar-refractivity contribution in [2.75, 3.05) is 17.9 Å². The Morgan fingerprint density at radius 3 is 2.16 bits per heavy atom. The molecule has 224 valence electrons. The maximum Gasteiger partial charge on any atom is 0.264 e. The smallest absolute Gasteiger partial charge is 0.264 e. The van der Waals surface area contributed by atoms with Crippen LogP contribution in [0.4, 0.5) is 5.69 Å². The fraction of sp³-hybridized carbons (Fsp3) is 0.212. The summed E-state index contributed by atoms with van der Waals surface area (Å²) in [5.74, 6) is -0.974. The molecule has 7 nitrogen and oxygen atoms in total. The second-order valence-corrected chi connectivity index (χ2v) is 12.9. The van der Waals surface area contributed by atoms with Crippen LogP contribution < -0.4 is 9.62 Å². The van der Waals surface area contributed by atoms with Gasteiger partial charge in [0, 0.05) is 30.1 Å². The van der Waals surface area contributed by atoms with E-state index in [1.54, 1.807) is 48.5 Å². The third-order valence-electron chi connectivity index (χ3n) is 7.05. The largest absolute Gasteiger partial charge is 0.357 e. The predicted molar refractivity (Wildman–Crippen MR) is 172 cm³/mol. The van der Waals surface area contributed by atoms with Crippen LogP contribution in [0.3, 0.4) is 0 Å². The number of nitrogens with zero attached hydrogens (tertiary/aromatic N) is 2. The molecule has 0 aromatic heterocycles. The number of carbonyl (C=O) groups excluding carboxylic acids is 2. The molecule has 43 heavy (non-hydrogen) atoms. The van der Waals surface area contributed by atoms with Gasteiger partial charge in [0.1, 0.15) is 12.6 Å². The van der Waals surface area contributed by atoms with Crippen LogP contribution in [0.15, 0.2) is 102 Å². The molecule has 0 aliphatic rings. The van der Waals surface area contributed by atoms with Crippen molar-refractivity contribution in [2.24, 2.45) is 0 Å². The van der Waals surface area contributed by atoms with Crippen molar-refractivity contribution >= 4 is 50.7 Å². The van der Waals surface area contributed by atoms with Gasteiger partial charge in [-0.05, 0) is 66.9 Å². The number of rotatable bonds is 11. The summed E-state index contributed by atoms with van der Waals surface area (Å²) in [6.45, 7) is 3.11. The molecule has 0 saturated carbocycles. The van der Waals surface area contributed by atoms with Crippen molar-refractivity contribution in [1.82, 2.24) is 10.2 Å². The number of nitrogens with one attached hydrogen (secondary N) is 1. The zero-order valence-electron chi connectivity index (χ0n) is 24.1. The predicted octanol–water partition coefficient (Wildman–Crippen LogP) is 6.19. The van der Waals surface area contributed by atoms with Crippen LogP contribution in [-0.2, 0) is 32.6 Å². The van der Waals surface area contributed by atoms with Gasteiger partial charge in [0.25, 0.3) is 10.0 Å². The molecule has 0 bridgehead atoms. The minimum atomic E-state index is -4.17. The average Bonchev–Trinajstić information content (AvgIpc) is 2.98. The van der Waals surface area contributed by atoms with E-state index in [4.69, 9.17) is 23.2 Å². The van der Waals surface area contributed by atoms with E-state index in [1.165, 1.54) is 24.1 Å². The van der Waals surface area contributed by atoms with Gasteiger partial charge in [0.2, 0.25) is 11.8 Å². The molecule has 0 spiro atoms. The number of benzene rings is 4. The van der Waals surface area contributed by atoms with Gasteiger partial charge in [-0.3, -0.25) is 13.9 Å². The number of sulfonamides is 1. The van der Waals surface area contributed by atoms with Crippen molar-refractivity contribution in [3.05, 3.63) is 129 Å². The Morgan fingerprint density at radius 1 is 0.837 bits per heavy atom. The molecule has 1 atom stereocenters. The summed E-state index contributed by atoms with van der Waals surface area (Å²) in [5, 5.41) is 3.41. The molecule has 0 aliphatic carbocycles. The fourth-order valence-corrected chi connectivity index (χ4v) is 6.58. The lowest BCUT2D eigenvalue weighted by Gasteiger charge is -2.34. The van der Waals surface area contributed by atoms with Crippen LogP contribution in [0.25, 0.3) is 0 Å². The van der Waals surface area contributed by atoms with Gasteiger partial charge in [-0.1, -0.05) is 89.4 Å². The third kappa shape index (κ3) is 7.96. The first-order valence-electron chi connectivity index (χ1n) is 13.6. The highest BCUT2D eigenvalue weighted by molar-refractivity contribution is 7.92. The van der Waals surface area contributed by atoms with E-state index < -0.39 is 34.4 Å². The molecule has 0 aliphatic heterocycles. The minimum Gasteiger partial charge on any atom is -0.357 e. The number of amides is 2. The molecular formula is C33H33Cl2N3O4S. The standard InChI is InChI=1S/C33H33Cl2N3O4S/c1-23-12-16-29(17-13-23)43(41,42)38(28-11-7-8-24(2)18-28)22-32(39)37(21-26-14-15-27(34)20-30(26)35)31(33(40)36-3)19-25-9-5-4-6-10-25/h4-18,20,31H,19,21-22H2,1-3H3,(H,36,40)/t31-/m1/s1. The molecule has 0 fully saturated rings. The number of hydrogen-bond donors (Lipinski definition) is 1. The number of anilines is 1. The van der Waals surface area contributed by atoms with Crippen LogP contribution in [0.5, 0.6) is 0 Å². The Kier molecular flexibility index (Phi) is 10.5. The lowest BCUT2D eigenvalue weighted by Crippen LogP contribution is -2.53. The molecule has 0 heterocycles. The van der Waals surface area contributed by atoms with E-state index in [0.29, 0.717) is 21.3 Å². The van der Waals surface area contributed by atoms with Gasteiger partial charge in [0.15, 0.2) is 0 Å². The minimum absolute atomic E-state index is 0.0480. The normalized spacial score (nSPS) is 11.9. The van der Waals surface area contributed by atoms with Crippen molar-refractivity contribution in [3.63, 3.8) is 0 Å². The zero-order valence-corrected chi connectivity index (χ0v) is 26.5. The molecule has 4 rings (SSSR count). The van der Waals surface area contributed by atoms with E-state index in [1.807, 2.05) is 50.2 Å². The highest BCUT2D eigenvalue weighted by atomic mass is 35.5. The molecule has 0 radical (unpaired) electrons. The first kappa shape index (κ1) is 32.1. The van der Waals surface area contributed by atoms with Gasteiger partial charge < -0.3 is 10.2 Å². The molecule has 10 heteroatoms. The Balaban J connectivity index is 1.81. The van der Waals surface area contributed by atoms with Crippen LogP contribution in [0, 0.1) is 13.8 Å². The maximum atomic E-state index is 14.3. The molecule has 4 aromatic carbocycles. The number of aryl methyl sites for hydroxylation is 2. The number of carbonyl (C=O) groups is 2. The first-order chi connectivity index (χ1) is 20.5. The average molecular weight is 639 g/mol. The topological polar surface area (TPSA) is 86.8 Å². The maximum absolute atomic E-state index is 14.3. The van der Waals surface area contributed by atoms with Crippen LogP contribution in [0.1, 0.15) is 22.3 Å². The molecule has 0 unspecified atom stereocenters. The lowest BCUT2D eigenvalue weighted by molar-refractivity contribution is -0.139. The summed E-state index contributed by atoms with van der Waals surface area (Å²) in [5.41, 5.74) is 3.45. The second kappa shape index (κ2) is 14.1. The van der Waals surface area contributed by atoms with Gasteiger partial charge in [0.05, 0.1) is 10.6 Å². The van der Waals surface area contributed by atoms with Crippen LogP contribution in [-0.4, -0.2) is 44.8 Å². The van der Waals surface area contributed by atoms with Crippen LogP contribution in [0.2, 0.25) is 10.0 Å². The second-order valence-electron chi connectivity index (χ2n) is 10.2. The summed E-state index contributed by atoms with van der Waals surface area (Å²) in [6, 6.07) is 26.6. The van der Waals surface area contributed by atoms with Gasteiger partial charge >= 0.3 is 0 Å². The van der Waals surface area contributed by atoms with Gasteiger partial charge in [-0.15, -0.1) is 0 Å². The number of hydrogen-bond acceptors (Lipinski definition) is 4. The van der Waals surface area contributed by atoms with Gasteiger partial charge in [-0.2, -0.15) is 0 Å². The molecule has 2 amide bonds. The molecular weight excluding hydrogens is 605 g/mol. The van der Waals surface area contributed by atoms with Crippen LogP contribution >= 0.6 is 23.2 Å². The molecule has 0 saturated heterocycles. The summed E-state index contributed by atoms with van der Waals surface area (Å²) in [4.78, 5) is 29.1. The van der Waals surface area contributed by atoms with E-state index in [2.05, 4.69) is 5.32 Å². The Bertz CT molecular complexity index is 1700.